The lowest BCUT2D eigenvalue weighted by Crippen LogP contribution is -2.44. The lowest BCUT2D eigenvalue weighted by molar-refractivity contribution is -0.137. The molecule has 0 saturated heterocycles. The molecule has 0 aliphatic carbocycles. The second-order valence-electron chi connectivity index (χ2n) is 5.99. The smallest absolute Gasteiger partial charge is 0.341 e. The number of imide groups is 1. The Balaban J connectivity index is 2.22. The lowest BCUT2D eigenvalue weighted by atomic mass is 10.0. The summed E-state index contributed by atoms with van der Waals surface area (Å²) in [5.74, 6) is -0.532. The molecule has 0 heterocycles. The number of nitrogens with zero attached hydrogens (tertiary/aromatic N) is 1. The van der Waals surface area contributed by atoms with Crippen molar-refractivity contribution in [2.45, 2.75) is 18.8 Å². The fourth-order valence-electron chi connectivity index (χ4n) is 2.66. The van der Waals surface area contributed by atoms with E-state index in [1.165, 1.54) is 19.2 Å². The second kappa shape index (κ2) is 8.68. The highest BCUT2D eigenvalue weighted by Gasteiger charge is 2.30. The maximum Gasteiger partial charge on any atom is 0.416 e. The number of carbonyl (C=O) groups is 2. The molecule has 8 heteroatoms. The minimum atomic E-state index is -4.40. The van der Waals surface area contributed by atoms with Crippen LogP contribution in [0.25, 0.3) is 0 Å². The molecule has 0 aliphatic rings. The van der Waals surface area contributed by atoms with Crippen molar-refractivity contribution in [1.29, 1.82) is 0 Å². The first-order valence-electron chi connectivity index (χ1n) is 8.16. The Morgan fingerprint density at radius 3 is 2.15 bits per heavy atom. The summed E-state index contributed by atoms with van der Waals surface area (Å²) in [4.78, 5) is 25.7. The van der Waals surface area contributed by atoms with Crippen molar-refractivity contribution in [2.24, 2.45) is 0 Å². The standard InChI is InChI=1S/C19H20F3N3O2/c1-23-18(27)24-17(26)16(14-6-4-3-5-7-14)25(2)12-13-8-10-15(11-9-13)19(20,21)22/h3-11,16H,12H2,1-2H3,(H2,23,24,26,27). The van der Waals surface area contributed by atoms with Gasteiger partial charge in [-0.2, -0.15) is 13.2 Å². The van der Waals surface area contributed by atoms with Gasteiger partial charge in [0.1, 0.15) is 6.04 Å². The second-order valence-corrected chi connectivity index (χ2v) is 5.99. The summed E-state index contributed by atoms with van der Waals surface area (Å²) in [6, 6.07) is 12.2. The third kappa shape index (κ3) is 5.55. The number of urea groups is 1. The topological polar surface area (TPSA) is 61.4 Å². The minimum absolute atomic E-state index is 0.221. The maximum absolute atomic E-state index is 12.7. The molecule has 0 saturated carbocycles. The van der Waals surface area contributed by atoms with Crippen LogP contribution in [0.3, 0.4) is 0 Å². The molecule has 27 heavy (non-hydrogen) atoms. The Morgan fingerprint density at radius 1 is 1.04 bits per heavy atom. The average Bonchev–Trinajstić information content (AvgIpc) is 2.62. The van der Waals surface area contributed by atoms with Gasteiger partial charge in [-0.25, -0.2) is 4.79 Å². The third-order valence-electron chi connectivity index (χ3n) is 3.98. The Hall–Kier alpha value is -2.87. The highest BCUT2D eigenvalue weighted by Crippen LogP contribution is 2.29. The van der Waals surface area contributed by atoms with Gasteiger partial charge in [0.15, 0.2) is 0 Å². The van der Waals surface area contributed by atoms with Gasteiger partial charge in [-0.15, -0.1) is 0 Å². The van der Waals surface area contributed by atoms with Gasteiger partial charge in [-0.05, 0) is 30.3 Å². The van der Waals surface area contributed by atoms with E-state index in [0.717, 1.165) is 12.1 Å². The number of likely N-dealkylation sites (N-methyl/N-ethyl adjacent to an activating group) is 1. The van der Waals surface area contributed by atoms with Crippen molar-refractivity contribution >= 4 is 11.9 Å². The van der Waals surface area contributed by atoms with Crippen LogP contribution in [0.15, 0.2) is 54.6 Å². The average molecular weight is 379 g/mol. The lowest BCUT2D eigenvalue weighted by Gasteiger charge is -2.27. The highest BCUT2D eigenvalue weighted by molar-refractivity contribution is 5.97. The summed E-state index contributed by atoms with van der Waals surface area (Å²) in [5, 5.41) is 4.56. The van der Waals surface area contributed by atoms with E-state index in [0.29, 0.717) is 11.1 Å². The summed E-state index contributed by atoms with van der Waals surface area (Å²) >= 11 is 0. The molecule has 1 atom stereocenters. The number of nitrogens with one attached hydrogen (secondary N) is 2. The van der Waals surface area contributed by atoms with E-state index in [1.807, 2.05) is 0 Å². The normalized spacial score (nSPS) is 12.5. The van der Waals surface area contributed by atoms with Gasteiger partial charge in [-0.3, -0.25) is 15.0 Å². The van der Waals surface area contributed by atoms with Crippen LogP contribution in [0.4, 0.5) is 18.0 Å². The Labute approximate surface area is 155 Å². The van der Waals surface area contributed by atoms with Crippen molar-refractivity contribution in [3.8, 4) is 0 Å². The molecule has 0 spiro atoms. The molecule has 0 radical (unpaired) electrons. The SMILES string of the molecule is CNC(=O)NC(=O)C(c1ccccc1)N(C)Cc1ccc(C(F)(F)F)cc1. The van der Waals surface area contributed by atoms with Gasteiger partial charge in [0.25, 0.3) is 0 Å². The quantitative estimate of drug-likeness (QED) is 0.838. The van der Waals surface area contributed by atoms with Gasteiger partial charge in [0.2, 0.25) is 5.91 Å². The van der Waals surface area contributed by atoms with Crippen molar-refractivity contribution in [2.75, 3.05) is 14.1 Å². The highest BCUT2D eigenvalue weighted by atomic mass is 19.4. The first-order valence-corrected chi connectivity index (χ1v) is 8.16. The first-order chi connectivity index (χ1) is 12.7. The number of benzene rings is 2. The van der Waals surface area contributed by atoms with Gasteiger partial charge in [0, 0.05) is 13.6 Å². The molecule has 144 valence electrons. The van der Waals surface area contributed by atoms with Crippen molar-refractivity contribution in [1.82, 2.24) is 15.5 Å². The molecule has 0 aromatic heterocycles. The maximum atomic E-state index is 12.7. The van der Waals surface area contributed by atoms with Crippen molar-refractivity contribution < 1.29 is 22.8 Å². The molecule has 0 bridgehead atoms. The third-order valence-corrected chi connectivity index (χ3v) is 3.98. The number of hydrogen-bond acceptors (Lipinski definition) is 3. The van der Waals surface area contributed by atoms with Gasteiger partial charge >= 0.3 is 12.2 Å². The number of amides is 3. The summed E-state index contributed by atoms with van der Waals surface area (Å²) < 4.78 is 38.1. The Kier molecular flexibility index (Phi) is 6.57. The van der Waals surface area contributed by atoms with Crippen LogP contribution in [0.2, 0.25) is 0 Å². The van der Waals surface area contributed by atoms with Gasteiger partial charge in [0.05, 0.1) is 5.56 Å². The summed E-state index contributed by atoms with van der Waals surface area (Å²) in [6.07, 6.45) is -4.40. The van der Waals surface area contributed by atoms with E-state index in [2.05, 4.69) is 10.6 Å². The molecule has 2 rings (SSSR count). The van der Waals surface area contributed by atoms with E-state index in [-0.39, 0.29) is 6.54 Å². The number of halogens is 3. The fraction of sp³-hybridized carbons (Fsp3) is 0.263. The van der Waals surface area contributed by atoms with Crippen molar-refractivity contribution in [3.63, 3.8) is 0 Å². The van der Waals surface area contributed by atoms with Gasteiger partial charge < -0.3 is 5.32 Å². The van der Waals surface area contributed by atoms with Gasteiger partial charge in [-0.1, -0.05) is 42.5 Å². The van der Waals surface area contributed by atoms with Crippen LogP contribution in [0.5, 0.6) is 0 Å². The molecule has 2 N–H and O–H groups in total. The fourth-order valence-corrected chi connectivity index (χ4v) is 2.66. The molecule has 2 aromatic rings. The predicted octanol–water partition coefficient (Wildman–Crippen LogP) is 3.33. The zero-order valence-electron chi connectivity index (χ0n) is 14.9. The van der Waals surface area contributed by atoms with E-state index >= 15 is 0 Å². The first kappa shape index (κ1) is 20.4. The summed E-state index contributed by atoms with van der Waals surface area (Å²) in [5.41, 5.74) is 0.540. The monoisotopic (exact) mass is 379 g/mol. The summed E-state index contributed by atoms with van der Waals surface area (Å²) in [7, 11) is 3.06. The van der Waals surface area contributed by atoms with Crippen LogP contribution < -0.4 is 10.6 Å². The summed E-state index contributed by atoms with van der Waals surface area (Å²) in [6.45, 7) is 0.221. The largest absolute Gasteiger partial charge is 0.416 e. The van der Waals surface area contributed by atoms with Crippen LogP contribution >= 0.6 is 0 Å². The molecular formula is C19H20F3N3O2. The molecule has 3 amide bonds. The molecular weight excluding hydrogens is 359 g/mol. The minimum Gasteiger partial charge on any atom is -0.341 e. The number of alkyl halides is 3. The van der Waals surface area contributed by atoms with Crippen LogP contribution in [-0.4, -0.2) is 30.9 Å². The number of carbonyl (C=O) groups excluding carboxylic acids is 2. The van der Waals surface area contributed by atoms with E-state index < -0.39 is 29.7 Å². The molecule has 1 unspecified atom stereocenters. The van der Waals surface area contributed by atoms with Crippen LogP contribution in [0.1, 0.15) is 22.7 Å². The van der Waals surface area contributed by atoms with E-state index in [9.17, 15) is 22.8 Å². The Morgan fingerprint density at radius 2 is 1.63 bits per heavy atom. The van der Waals surface area contributed by atoms with E-state index in [4.69, 9.17) is 0 Å². The van der Waals surface area contributed by atoms with Crippen LogP contribution in [0, 0.1) is 0 Å². The zero-order chi connectivity index (χ0) is 20.0. The molecule has 5 nitrogen and oxygen atoms in total. The van der Waals surface area contributed by atoms with Crippen LogP contribution in [-0.2, 0) is 17.5 Å². The molecule has 2 aromatic carbocycles. The predicted molar refractivity (Wildman–Crippen MR) is 94.7 cm³/mol. The molecule has 0 aliphatic heterocycles. The molecule has 0 fully saturated rings. The van der Waals surface area contributed by atoms with E-state index in [1.54, 1.807) is 42.3 Å². The number of hydrogen-bond donors (Lipinski definition) is 2. The zero-order valence-corrected chi connectivity index (χ0v) is 14.9. The van der Waals surface area contributed by atoms with Crippen molar-refractivity contribution in [3.05, 3.63) is 71.3 Å². The number of rotatable bonds is 5. The Bertz CT molecular complexity index is 777.